The molecular weight excluding hydrogens is 302 g/mol. The maximum atomic E-state index is 11.6. The zero-order valence-electron chi connectivity index (χ0n) is 11.1. The molecule has 1 aliphatic rings. The van der Waals surface area contributed by atoms with E-state index in [0.717, 1.165) is 25.7 Å². The van der Waals surface area contributed by atoms with Gasteiger partial charge in [0.05, 0.1) is 12.0 Å². The number of benzene rings is 1. The van der Waals surface area contributed by atoms with Gasteiger partial charge in [-0.15, -0.1) is 0 Å². The van der Waals surface area contributed by atoms with E-state index in [1.54, 1.807) is 11.0 Å². The highest BCUT2D eigenvalue weighted by Gasteiger charge is 2.26. The highest BCUT2D eigenvalue weighted by molar-refractivity contribution is 8.13. The Hall–Kier alpha value is -1.27. The number of carbonyl (C=O) groups is 1. The Bertz CT molecular complexity index is 598. The lowest BCUT2D eigenvalue weighted by molar-refractivity contribution is -0.122. The molecule has 0 aromatic heterocycles. The molecule has 1 amide bonds. The van der Waals surface area contributed by atoms with Gasteiger partial charge in [-0.2, -0.15) is 0 Å². The number of nitrogens with zero attached hydrogens (tertiary/aromatic N) is 1. The zero-order valence-corrected chi connectivity index (χ0v) is 12.7. The number of hydrogen-bond acceptors (Lipinski definition) is 4. The van der Waals surface area contributed by atoms with Gasteiger partial charge in [0, 0.05) is 23.3 Å². The molecule has 110 valence electrons. The van der Waals surface area contributed by atoms with Crippen molar-refractivity contribution in [2.45, 2.75) is 36.7 Å². The summed E-state index contributed by atoms with van der Waals surface area (Å²) in [7, 11) is 3.08. The fourth-order valence-corrected chi connectivity index (χ4v) is 3.33. The van der Waals surface area contributed by atoms with Crippen LogP contribution in [-0.2, 0) is 20.4 Å². The van der Waals surface area contributed by atoms with Crippen molar-refractivity contribution in [2.75, 3.05) is 7.11 Å². The van der Waals surface area contributed by atoms with Gasteiger partial charge in [0.2, 0.25) is 6.41 Å². The van der Waals surface area contributed by atoms with Crippen LogP contribution in [0.25, 0.3) is 0 Å². The predicted octanol–water partition coefficient (Wildman–Crippen LogP) is 2.13. The van der Waals surface area contributed by atoms with E-state index >= 15 is 0 Å². The quantitative estimate of drug-likeness (QED) is 0.595. The van der Waals surface area contributed by atoms with E-state index in [1.807, 2.05) is 0 Å². The third kappa shape index (κ3) is 3.24. The first kappa shape index (κ1) is 15.1. The monoisotopic (exact) mass is 317 g/mol. The van der Waals surface area contributed by atoms with Gasteiger partial charge in [0.1, 0.15) is 5.75 Å². The first-order chi connectivity index (χ1) is 9.45. The molecule has 5 nitrogen and oxygen atoms in total. The van der Waals surface area contributed by atoms with Crippen molar-refractivity contribution in [2.24, 2.45) is 0 Å². The lowest BCUT2D eigenvalue weighted by Crippen LogP contribution is -2.38. The van der Waals surface area contributed by atoms with Gasteiger partial charge in [-0.25, -0.2) is 8.42 Å². The molecule has 1 saturated carbocycles. The Morgan fingerprint density at radius 2 is 2.15 bits per heavy atom. The van der Waals surface area contributed by atoms with Gasteiger partial charge in [-0.3, -0.25) is 4.79 Å². The van der Waals surface area contributed by atoms with E-state index in [4.69, 9.17) is 15.4 Å². The molecule has 0 N–H and O–H groups in total. The molecule has 0 aliphatic heterocycles. The highest BCUT2D eigenvalue weighted by atomic mass is 35.7. The van der Waals surface area contributed by atoms with Crippen LogP contribution in [0.5, 0.6) is 5.75 Å². The minimum atomic E-state index is -3.85. The van der Waals surface area contributed by atoms with Crippen molar-refractivity contribution in [3.8, 4) is 5.75 Å². The topological polar surface area (TPSA) is 63.7 Å². The van der Waals surface area contributed by atoms with Crippen LogP contribution < -0.4 is 4.74 Å². The summed E-state index contributed by atoms with van der Waals surface area (Å²) in [5.41, 5.74) is 0.471. The molecule has 1 fully saturated rings. The molecule has 20 heavy (non-hydrogen) atoms. The van der Waals surface area contributed by atoms with Gasteiger partial charge in [0.15, 0.2) is 0 Å². The predicted molar refractivity (Wildman–Crippen MR) is 75.3 cm³/mol. The van der Waals surface area contributed by atoms with E-state index in [-0.39, 0.29) is 17.5 Å². The van der Waals surface area contributed by atoms with Crippen molar-refractivity contribution in [1.29, 1.82) is 0 Å². The standard InChI is InChI=1S/C13H16ClNO4S/c1-19-12-5-6-13(20(14,17)18)10(7-12)8-15(9-16)11-3-2-4-11/h5-7,9,11H,2-4,8H2,1H3. The fraction of sp³-hybridized carbons (Fsp3) is 0.462. The van der Waals surface area contributed by atoms with E-state index in [1.165, 1.54) is 19.2 Å². The molecule has 7 heteroatoms. The van der Waals surface area contributed by atoms with E-state index in [9.17, 15) is 13.2 Å². The van der Waals surface area contributed by atoms with Crippen LogP contribution in [-0.4, -0.2) is 32.9 Å². The van der Waals surface area contributed by atoms with E-state index in [0.29, 0.717) is 11.3 Å². The largest absolute Gasteiger partial charge is 0.497 e. The Kier molecular flexibility index (Phi) is 4.55. The number of hydrogen-bond donors (Lipinski definition) is 0. The SMILES string of the molecule is COc1ccc(S(=O)(=O)Cl)c(CN(C=O)C2CCC2)c1. The minimum Gasteiger partial charge on any atom is -0.497 e. The number of rotatable bonds is 6. The van der Waals surface area contributed by atoms with Gasteiger partial charge in [-0.1, -0.05) is 0 Å². The third-order valence-electron chi connectivity index (χ3n) is 3.56. The second kappa shape index (κ2) is 6.01. The van der Waals surface area contributed by atoms with Crippen LogP contribution in [0, 0.1) is 0 Å². The van der Waals surface area contributed by atoms with Crippen molar-refractivity contribution in [3.05, 3.63) is 23.8 Å². The summed E-state index contributed by atoms with van der Waals surface area (Å²) < 4.78 is 28.3. The summed E-state index contributed by atoms with van der Waals surface area (Å²) in [4.78, 5) is 12.8. The normalized spacial score (nSPS) is 15.5. The van der Waals surface area contributed by atoms with Crippen LogP contribution in [0.2, 0.25) is 0 Å². The van der Waals surface area contributed by atoms with Crippen LogP contribution >= 0.6 is 10.7 Å². The summed E-state index contributed by atoms with van der Waals surface area (Å²) >= 11 is 0. The molecule has 1 aliphatic carbocycles. The van der Waals surface area contributed by atoms with Crippen molar-refractivity contribution in [3.63, 3.8) is 0 Å². The molecule has 1 aromatic carbocycles. The van der Waals surface area contributed by atoms with E-state index < -0.39 is 9.05 Å². The van der Waals surface area contributed by atoms with Crippen molar-refractivity contribution >= 4 is 26.1 Å². The highest BCUT2D eigenvalue weighted by Crippen LogP contribution is 2.29. The average Bonchev–Trinajstić information content (AvgIpc) is 2.34. The lowest BCUT2D eigenvalue weighted by atomic mass is 9.91. The molecule has 0 spiro atoms. The Morgan fingerprint density at radius 1 is 1.45 bits per heavy atom. The van der Waals surface area contributed by atoms with Crippen LogP contribution in [0.4, 0.5) is 0 Å². The van der Waals surface area contributed by atoms with Crippen molar-refractivity contribution in [1.82, 2.24) is 4.90 Å². The second-order valence-corrected chi connectivity index (χ2v) is 7.31. The first-order valence-electron chi connectivity index (χ1n) is 6.28. The molecule has 0 saturated heterocycles. The molecule has 0 radical (unpaired) electrons. The Morgan fingerprint density at radius 3 is 2.60 bits per heavy atom. The Balaban J connectivity index is 2.34. The Labute approximate surface area is 122 Å². The first-order valence-corrected chi connectivity index (χ1v) is 8.59. The number of ether oxygens (including phenoxy) is 1. The fourth-order valence-electron chi connectivity index (χ4n) is 2.21. The molecule has 0 heterocycles. The molecule has 0 unspecified atom stereocenters. The van der Waals surface area contributed by atoms with Gasteiger partial charge < -0.3 is 9.64 Å². The number of carbonyl (C=O) groups excluding carboxylic acids is 1. The van der Waals surface area contributed by atoms with Gasteiger partial charge in [0.25, 0.3) is 9.05 Å². The molecular formula is C13H16ClNO4S. The number of amides is 1. The maximum absolute atomic E-state index is 11.6. The van der Waals surface area contributed by atoms with Crippen LogP contribution in [0.15, 0.2) is 23.1 Å². The lowest BCUT2D eigenvalue weighted by Gasteiger charge is -2.35. The zero-order chi connectivity index (χ0) is 14.8. The summed E-state index contributed by atoms with van der Waals surface area (Å²) in [6.07, 6.45) is 3.75. The smallest absolute Gasteiger partial charge is 0.261 e. The number of halogens is 1. The third-order valence-corrected chi connectivity index (χ3v) is 4.98. The van der Waals surface area contributed by atoms with E-state index in [2.05, 4.69) is 0 Å². The summed E-state index contributed by atoms with van der Waals surface area (Å²) in [5.74, 6) is 0.531. The molecule has 0 bridgehead atoms. The molecule has 1 aromatic rings. The van der Waals surface area contributed by atoms with Crippen LogP contribution in [0.1, 0.15) is 24.8 Å². The average molecular weight is 318 g/mol. The second-order valence-electron chi connectivity index (χ2n) is 4.77. The summed E-state index contributed by atoms with van der Waals surface area (Å²) in [5, 5.41) is 0. The molecule has 0 atom stereocenters. The van der Waals surface area contributed by atoms with Gasteiger partial charge in [-0.05, 0) is 43.0 Å². The minimum absolute atomic E-state index is 0.0196. The van der Waals surface area contributed by atoms with Gasteiger partial charge >= 0.3 is 0 Å². The summed E-state index contributed by atoms with van der Waals surface area (Å²) in [6.45, 7) is 0.215. The molecule has 2 rings (SSSR count). The number of methoxy groups -OCH3 is 1. The summed E-state index contributed by atoms with van der Waals surface area (Å²) in [6, 6.07) is 4.72. The van der Waals surface area contributed by atoms with Crippen LogP contribution in [0.3, 0.4) is 0 Å². The maximum Gasteiger partial charge on any atom is 0.261 e. The van der Waals surface area contributed by atoms with Crippen molar-refractivity contribution < 1.29 is 17.9 Å².